The molecule has 0 aliphatic heterocycles. The molecule has 38 heavy (non-hydrogen) atoms. The zero-order valence-electron chi connectivity index (χ0n) is 23.1. The summed E-state index contributed by atoms with van der Waals surface area (Å²) in [5, 5.41) is 26.6. The average Bonchev–Trinajstić information content (AvgIpc) is 2.78. The Morgan fingerprint density at radius 3 is 2.00 bits per heavy atom. The predicted molar refractivity (Wildman–Crippen MR) is 153 cm³/mol. The van der Waals surface area contributed by atoms with Gasteiger partial charge in [-0.25, -0.2) is 9.59 Å². The number of ether oxygens (including phenoxy) is 1. The van der Waals surface area contributed by atoms with Crippen LogP contribution < -0.4 is 18.5 Å². The van der Waals surface area contributed by atoms with Crippen molar-refractivity contribution < 1.29 is 34.4 Å². The summed E-state index contributed by atoms with van der Waals surface area (Å²) >= 11 is 0. The molecule has 10 nitrogen and oxygen atoms in total. The molecular formula is C28H47N3O7. The van der Waals surface area contributed by atoms with E-state index in [2.05, 4.69) is 18.2 Å². The third-order valence-electron chi connectivity index (χ3n) is 4.94. The number of aliphatic carboxylic acids is 3. The number of hydrogen-bond donors (Lipinski definition) is 6. The third-order valence-corrected chi connectivity index (χ3v) is 4.94. The lowest BCUT2D eigenvalue weighted by molar-refractivity contribution is -0.136. The molecule has 0 saturated carbocycles. The van der Waals surface area contributed by atoms with Crippen molar-refractivity contribution in [1.82, 2.24) is 18.5 Å². The fourth-order valence-corrected chi connectivity index (χ4v) is 2.84. The summed E-state index contributed by atoms with van der Waals surface area (Å²) in [6, 6.07) is 0. The minimum absolute atomic E-state index is 0. The smallest absolute Gasteiger partial charge is 0.331 e. The van der Waals surface area contributed by atoms with E-state index in [1.165, 1.54) is 0 Å². The largest absolute Gasteiger partial charge is 0.481 e. The third kappa shape index (κ3) is 22.9. The second kappa shape index (κ2) is 25.1. The average molecular weight is 538 g/mol. The highest BCUT2D eigenvalue weighted by Crippen LogP contribution is 2.12. The molecule has 12 N–H and O–H groups in total. The molecule has 0 saturated heterocycles. The standard InChI is InChI=1S/C28H38O7.3H3N/c1-21(15-18-24(19-26(29)30)20-27(31)32)13-11-9-7-5-6-8-10-12-14-25(35-4)22(2)16-17-23(3)28(33)34;;;/h6,8-12,15-19,21,25H,5,7,13-14,20H2,1-4H3,(H,29,30)(H,31,32)(H,33,34);3*1H3/t21-,25+;;;/m0.../s1. The van der Waals surface area contributed by atoms with Crippen molar-refractivity contribution in [1.29, 1.82) is 0 Å². The summed E-state index contributed by atoms with van der Waals surface area (Å²) in [5.41, 5.74) is 1.48. The topological polar surface area (TPSA) is 226 Å². The Labute approximate surface area is 226 Å². The van der Waals surface area contributed by atoms with Crippen molar-refractivity contribution in [2.24, 2.45) is 5.92 Å². The van der Waals surface area contributed by atoms with E-state index in [0.29, 0.717) is 6.42 Å². The number of carboxylic acid groups (broad SMARTS) is 3. The molecule has 2 atom stereocenters. The molecule has 0 rings (SSSR count). The van der Waals surface area contributed by atoms with Gasteiger partial charge in [0.05, 0.1) is 12.5 Å². The van der Waals surface area contributed by atoms with Gasteiger partial charge in [0.25, 0.3) is 0 Å². The van der Waals surface area contributed by atoms with Crippen molar-refractivity contribution >= 4 is 17.9 Å². The van der Waals surface area contributed by atoms with Crippen LogP contribution in [0.1, 0.15) is 52.9 Å². The van der Waals surface area contributed by atoms with Crippen molar-refractivity contribution in [3.05, 3.63) is 83.6 Å². The summed E-state index contributed by atoms with van der Waals surface area (Å²) in [6.07, 6.45) is 22.6. The molecule has 10 heteroatoms. The molecule has 0 fully saturated rings. The molecule has 0 heterocycles. The quantitative estimate of drug-likeness (QED) is 0.0519. The van der Waals surface area contributed by atoms with Gasteiger partial charge in [-0.05, 0) is 56.6 Å². The van der Waals surface area contributed by atoms with Gasteiger partial charge in [0.15, 0.2) is 0 Å². The van der Waals surface area contributed by atoms with Gasteiger partial charge in [-0.2, -0.15) is 0 Å². The van der Waals surface area contributed by atoms with E-state index < -0.39 is 17.9 Å². The zero-order chi connectivity index (χ0) is 26.6. The number of carbonyl (C=O) groups is 3. The Morgan fingerprint density at radius 2 is 1.45 bits per heavy atom. The number of carboxylic acids is 3. The van der Waals surface area contributed by atoms with E-state index in [9.17, 15) is 14.4 Å². The minimum atomic E-state index is -1.16. The lowest BCUT2D eigenvalue weighted by atomic mass is 10.0. The van der Waals surface area contributed by atoms with Crippen LogP contribution in [-0.4, -0.2) is 46.4 Å². The van der Waals surface area contributed by atoms with Gasteiger partial charge in [-0.1, -0.05) is 67.7 Å². The first-order valence-electron chi connectivity index (χ1n) is 11.5. The van der Waals surface area contributed by atoms with Crippen molar-refractivity contribution in [3.8, 4) is 0 Å². The van der Waals surface area contributed by atoms with E-state index >= 15 is 0 Å². The molecule has 0 radical (unpaired) electrons. The summed E-state index contributed by atoms with van der Waals surface area (Å²) in [6.45, 7) is 5.44. The van der Waals surface area contributed by atoms with Gasteiger partial charge in [0.1, 0.15) is 0 Å². The first-order chi connectivity index (χ1) is 16.6. The molecule has 0 spiro atoms. The van der Waals surface area contributed by atoms with Gasteiger partial charge >= 0.3 is 17.9 Å². The lowest BCUT2D eigenvalue weighted by Crippen LogP contribution is -2.10. The van der Waals surface area contributed by atoms with Crippen molar-refractivity contribution in [2.45, 2.75) is 59.0 Å². The zero-order valence-corrected chi connectivity index (χ0v) is 23.1. The number of allylic oxidation sites excluding steroid dienone is 9. The number of unbranched alkanes of at least 4 members (excludes halogenated alkanes) is 1. The van der Waals surface area contributed by atoms with E-state index in [4.69, 9.17) is 20.1 Å². The molecule has 0 aromatic carbocycles. The lowest BCUT2D eigenvalue weighted by Gasteiger charge is -2.13. The molecule has 0 unspecified atom stereocenters. The van der Waals surface area contributed by atoms with Gasteiger partial charge in [-0.15, -0.1) is 0 Å². The van der Waals surface area contributed by atoms with Crippen molar-refractivity contribution in [2.75, 3.05) is 7.11 Å². The molecule has 0 aliphatic rings. The second-order valence-electron chi connectivity index (χ2n) is 8.13. The molecule has 216 valence electrons. The number of rotatable bonds is 17. The van der Waals surface area contributed by atoms with E-state index in [0.717, 1.165) is 30.9 Å². The summed E-state index contributed by atoms with van der Waals surface area (Å²) in [5.74, 6) is -3.01. The normalized spacial score (nSPS) is 14.3. The predicted octanol–water partition coefficient (Wildman–Crippen LogP) is 6.37. The van der Waals surface area contributed by atoms with Crippen LogP contribution in [0.15, 0.2) is 83.6 Å². The van der Waals surface area contributed by atoms with Crippen LogP contribution >= 0.6 is 0 Å². The van der Waals surface area contributed by atoms with E-state index in [1.807, 2.05) is 38.2 Å². The summed E-state index contributed by atoms with van der Waals surface area (Å²) in [7, 11) is 1.63. The second-order valence-corrected chi connectivity index (χ2v) is 8.13. The van der Waals surface area contributed by atoms with Gasteiger partial charge < -0.3 is 38.5 Å². The van der Waals surface area contributed by atoms with Crippen LogP contribution in [0.4, 0.5) is 0 Å². The first kappa shape index (κ1) is 41.6. The van der Waals surface area contributed by atoms with Crippen LogP contribution in [0.2, 0.25) is 0 Å². The highest BCUT2D eigenvalue weighted by Gasteiger charge is 2.07. The highest BCUT2D eigenvalue weighted by molar-refractivity contribution is 5.86. The Balaban J connectivity index is -0.00000193. The Kier molecular flexibility index (Phi) is 27.4. The fourth-order valence-electron chi connectivity index (χ4n) is 2.84. The molecule has 0 aromatic rings. The van der Waals surface area contributed by atoms with Gasteiger partial charge in [0, 0.05) is 18.8 Å². The van der Waals surface area contributed by atoms with Crippen LogP contribution in [0.3, 0.4) is 0 Å². The van der Waals surface area contributed by atoms with Crippen LogP contribution in [-0.2, 0) is 19.1 Å². The summed E-state index contributed by atoms with van der Waals surface area (Å²) in [4.78, 5) is 32.4. The molecular weight excluding hydrogens is 490 g/mol. The maximum Gasteiger partial charge on any atom is 0.331 e. The Bertz CT molecular complexity index is 913. The maximum atomic E-state index is 10.9. The fraction of sp³-hybridized carbons (Fsp3) is 0.393. The maximum absolute atomic E-state index is 10.9. The van der Waals surface area contributed by atoms with Crippen LogP contribution in [0.5, 0.6) is 0 Å². The number of hydrogen-bond acceptors (Lipinski definition) is 7. The first-order valence-corrected chi connectivity index (χ1v) is 11.5. The highest BCUT2D eigenvalue weighted by atomic mass is 16.5. The molecule has 0 amide bonds. The Morgan fingerprint density at radius 1 is 0.842 bits per heavy atom. The van der Waals surface area contributed by atoms with Crippen LogP contribution in [0.25, 0.3) is 0 Å². The minimum Gasteiger partial charge on any atom is -0.481 e. The number of methoxy groups -OCH3 is 1. The van der Waals surface area contributed by atoms with Gasteiger partial charge in [0.2, 0.25) is 0 Å². The Hall–Kier alpha value is -3.57. The van der Waals surface area contributed by atoms with E-state index in [-0.39, 0.29) is 48.0 Å². The monoisotopic (exact) mass is 537 g/mol. The molecule has 0 bridgehead atoms. The van der Waals surface area contributed by atoms with Gasteiger partial charge in [-0.3, -0.25) is 4.79 Å². The molecule has 0 aliphatic carbocycles. The molecule has 0 aromatic heterocycles. The van der Waals surface area contributed by atoms with Crippen LogP contribution in [0, 0.1) is 5.92 Å². The summed E-state index contributed by atoms with van der Waals surface area (Å²) < 4.78 is 5.47. The van der Waals surface area contributed by atoms with E-state index in [1.54, 1.807) is 32.3 Å². The van der Waals surface area contributed by atoms with Crippen molar-refractivity contribution in [3.63, 3.8) is 0 Å². The SMILES string of the molecule is CO[C@H](CC=CC=CCCC=CC[C@H](C)C=CC(=CC(=O)O)CC(=O)O)C(C)=CC=C(C)C(=O)O.N.N.N.